The molecule has 36 heavy (non-hydrogen) atoms. The summed E-state index contributed by atoms with van der Waals surface area (Å²) in [5.41, 5.74) is 3.47. The maximum Gasteiger partial charge on any atom is 0.168 e. The molecule has 186 valence electrons. The second-order valence-corrected chi connectivity index (χ2v) is 8.79. The third-order valence-corrected chi connectivity index (χ3v) is 6.02. The zero-order valence-corrected chi connectivity index (χ0v) is 20.5. The van der Waals surface area contributed by atoms with Crippen LogP contribution < -0.4 is 9.47 Å². The number of ether oxygens (including phenoxy) is 2. The van der Waals surface area contributed by atoms with Gasteiger partial charge in [0.05, 0.1) is 6.61 Å². The summed E-state index contributed by atoms with van der Waals surface area (Å²) in [6, 6.07) is 22.0. The fourth-order valence-electron chi connectivity index (χ4n) is 3.90. The molecule has 0 saturated carbocycles. The Labute approximate surface area is 210 Å². The van der Waals surface area contributed by atoms with Crippen molar-refractivity contribution in [3.63, 3.8) is 0 Å². The minimum Gasteiger partial charge on any atom is -0.491 e. The zero-order chi connectivity index (χ0) is 25.5. The molecule has 0 radical (unpaired) electrons. The zero-order valence-electron chi connectivity index (χ0n) is 20.5. The molecule has 0 atom stereocenters. The summed E-state index contributed by atoms with van der Waals surface area (Å²) in [5.74, 6) is -1.62. The topological polar surface area (TPSA) is 18.5 Å². The van der Waals surface area contributed by atoms with E-state index in [2.05, 4.69) is 6.92 Å². The highest BCUT2D eigenvalue weighted by Gasteiger charge is 2.16. The van der Waals surface area contributed by atoms with E-state index in [0.717, 1.165) is 30.4 Å². The van der Waals surface area contributed by atoms with E-state index in [-0.39, 0.29) is 23.5 Å². The number of halogens is 3. The summed E-state index contributed by atoms with van der Waals surface area (Å²) in [6.45, 7) is 4.73. The highest BCUT2D eigenvalue weighted by molar-refractivity contribution is 5.72. The van der Waals surface area contributed by atoms with Crippen LogP contribution in [0.2, 0.25) is 0 Å². The largest absolute Gasteiger partial charge is 0.491 e. The molecule has 5 heteroatoms. The van der Waals surface area contributed by atoms with Gasteiger partial charge in [0.25, 0.3) is 0 Å². The third-order valence-electron chi connectivity index (χ3n) is 6.02. The molecule has 0 aliphatic rings. The van der Waals surface area contributed by atoms with E-state index in [1.54, 1.807) is 60.7 Å². The van der Waals surface area contributed by atoms with Gasteiger partial charge < -0.3 is 9.47 Å². The maximum absolute atomic E-state index is 14.9. The minimum atomic E-state index is -0.885. The van der Waals surface area contributed by atoms with E-state index >= 15 is 0 Å². The predicted octanol–water partition coefficient (Wildman–Crippen LogP) is 8.89. The highest BCUT2D eigenvalue weighted by Crippen LogP contribution is 2.32. The average molecular weight is 491 g/mol. The summed E-state index contributed by atoms with van der Waals surface area (Å²) in [7, 11) is 0. The molecule has 0 bridgehead atoms. The molecule has 0 aliphatic carbocycles. The first-order valence-corrected chi connectivity index (χ1v) is 12.2. The van der Waals surface area contributed by atoms with Crippen molar-refractivity contribution in [1.82, 2.24) is 0 Å². The third kappa shape index (κ3) is 6.09. The van der Waals surface area contributed by atoms with Gasteiger partial charge in [-0.25, -0.2) is 13.2 Å². The van der Waals surface area contributed by atoms with E-state index in [1.807, 2.05) is 19.1 Å². The first kappa shape index (κ1) is 25.4. The number of hydrogen-bond donors (Lipinski definition) is 0. The van der Waals surface area contributed by atoms with Gasteiger partial charge in [-0.15, -0.1) is 0 Å². The van der Waals surface area contributed by atoms with Crippen LogP contribution in [0, 0.1) is 24.4 Å². The molecule has 2 nitrogen and oxygen atoms in total. The lowest BCUT2D eigenvalue weighted by Gasteiger charge is -2.11. The normalized spacial score (nSPS) is 10.9. The molecule has 0 aromatic heterocycles. The quantitative estimate of drug-likeness (QED) is 0.207. The van der Waals surface area contributed by atoms with E-state index in [9.17, 15) is 13.2 Å². The fraction of sp³-hybridized carbons (Fsp3) is 0.226. The number of aryl methyl sites for hydroxylation is 1. The van der Waals surface area contributed by atoms with Gasteiger partial charge in [-0.05, 0) is 42.2 Å². The molecule has 0 saturated heterocycles. The van der Waals surface area contributed by atoms with Crippen LogP contribution in [-0.4, -0.2) is 6.61 Å². The SMILES string of the molecule is CCCCCOc1ccc(OCc2ccc(-c3ccc(-c4ccc(C)cc4)c(F)c3F)cc2)cc1F. The van der Waals surface area contributed by atoms with Crippen LogP contribution in [0.4, 0.5) is 13.2 Å². The molecular formula is C31H29F3O2. The molecule has 0 N–H and O–H groups in total. The van der Waals surface area contributed by atoms with Crippen molar-refractivity contribution in [3.8, 4) is 33.8 Å². The van der Waals surface area contributed by atoms with Gasteiger partial charge in [-0.3, -0.25) is 0 Å². The van der Waals surface area contributed by atoms with Crippen molar-refractivity contribution in [2.24, 2.45) is 0 Å². The fourth-order valence-corrected chi connectivity index (χ4v) is 3.90. The van der Waals surface area contributed by atoms with Crippen molar-refractivity contribution in [2.45, 2.75) is 39.7 Å². The Balaban J connectivity index is 1.40. The second-order valence-electron chi connectivity index (χ2n) is 8.79. The summed E-state index contributed by atoms with van der Waals surface area (Å²) >= 11 is 0. The van der Waals surface area contributed by atoms with Crippen LogP contribution in [0.25, 0.3) is 22.3 Å². The van der Waals surface area contributed by atoms with E-state index in [1.165, 1.54) is 6.07 Å². The molecule has 0 amide bonds. The Bertz CT molecular complexity index is 1300. The summed E-state index contributed by atoms with van der Waals surface area (Å²) in [6.07, 6.45) is 3.01. The molecule has 0 fully saturated rings. The highest BCUT2D eigenvalue weighted by atomic mass is 19.2. The molecule has 0 heterocycles. The van der Waals surface area contributed by atoms with Crippen molar-refractivity contribution < 1.29 is 22.6 Å². The van der Waals surface area contributed by atoms with Crippen LogP contribution in [-0.2, 0) is 6.61 Å². The Morgan fingerprint density at radius 2 is 1.28 bits per heavy atom. The number of hydrogen-bond acceptors (Lipinski definition) is 2. The number of rotatable bonds is 10. The summed E-state index contributed by atoms with van der Waals surface area (Å²) in [5, 5.41) is 0. The molecule has 0 unspecified atom stereocenters. The van der Waals surface area contributed by atoms with E-state index in [0.29, 0.717) is 23.5 Å². The van der Waals surface area contributed by atoms with Crippen LogP contribution in [0.5, 0.6) is 11.5 Å². The van der Waals surface area contributed by atoms with Crippen LogP contribution in [0.3, 0.4) is 0 Å². The monoisotopic (exact) mass is 490 g/mol. The maximum atomic E-state index is 14.9. The van der Waals surface area contributed by atoms with Crippen LogP contribution in [0.1, 0.15) is 37.3 Å². The molecule has 0 spiro atoms. The van der Waals surface area contributed by atoms with Gasteiger partial charge in [0.2, 0.25) is 0 Å². The summed E-state index contributed by atoms with van der Waals surface area (Å²) < 4.78 is 55.2. The number of benzene rings is 4. The van der Waals surface area contributed by atoms with Gasteiger partial charge in [-0.2, -0.15) is 0 Å². The van der Waals surface area contributed by atoms with E-state index in [4.69, 9.17) is 9.47 Å². The van der Waals surface area contributed by atoms with Crippen molar-refractivity contribution in [1.29, 1.82) is 0 Å². The Kier molecular flexibility index (Phi) is 8.32. The first-order valence-electron chi connectivity index (χ1n) is 12.2. The van der Waals surface area contributed by atoms with Crippen molar-refractivity contribution in [3.05, 3.63) is 107 Å². The smallest absolute Gasteiger partial charge is 0.168 e. The van der Waals surface area contributed by atoms with Gasteiger partial charge >= 0.3 is 0 Å². The van der Waals surface area contributed by atoms with Gasteiger partial charge in [0.15, 0.2) is 23.2 Å². The Morgan fingerprint density at radius 3 is 1.86 bits per heavy atom. The lowest BCUT2D eigenvalue weighted by molar-refractivity contribution is 0.284. The first-order chi connectivity index (χ1) is 17.5. The Hall–Kier alpha value is -3.73. The molecule has 4 aromatic rings. The Morgan fingerprint density at radius 1 is 0.667 bits per heavy atom. The molecule has 4 rings (SSSR count). The number of unbranched alkanes of at least 4 members (excludes halogenated alkanes) is 2. The lowest BCUT2D eigenvalue weighted by Crippen LogP contribution is -2.00. The predicted molar refractivity (Wildman–Crippen MR) is 138 cm³/mol. The molecular weight excluding hydrogens is 461 g/mol. The second kappa shape index (κ2) is 11.8. The molecule has 4 aromatic carbocycles. The summed E-state index contributed by atoms with van der Waals surface area (Å²) in [4.78, 5) is 0. The van der Waals surface area contributed by atoms with Crippen molar-refractivity contribution in [2.75, 3.05) is 6.61 Å². The lowest BCUT2D eigenvalue weighted by atomic mass is 9.98. The van der Waals surface area contributed by atoms with Gasteiger partial charge in [0.1, 0.15) is 12.4 Å². The van der Waals surface area contributed by atoms with Crippen molar-refractivity contribution >= 4 is 0 Å². The van der Waals surface area contributed by atoms with E-state index < -0.39 is 17.5 Å². The molecule has 0 aliphatic heterocycles. The minimum absolute atomic E-state index is 0.187. The van der Waals surface area contributed by atoms with Crippen LogP contribution >= 0.6 is 0 Å². The standard InChI is InChI=1S/C31H29F3O2/c1-3-4-5-18-35-29-17-14-25(19-28(29)32)36-20-22-8-12-24(13-9-22)27-16-15-26(30(33)31(27)34)23-10-6-21(2)7-11-23/h6-17,19H,3-5,18,20H2,1-2H3. The average Bonchev–Trinajstić information content (AvgIpc) is 2.89. The van der Waals surface area contributed by atoms with Gasteiger partial charge in [0, 0.05) is 17.2 Å². The van der Waals surface area contributed by atoms with Crippen LogP contribution in [0.15, 0.2) is 78.9 Å². The van der Waals surface area contributed by atoms with Gasteiger partial charge in [-0.1, -0.05) is 86.0 Å².